The molecule has 0 N–H and O–H groups in total. The van der Waals surface area contributed by atoms with E-state index in [2.05, 4.69) is 164 Å². The minimum absolute atomic E-state index is 0.107. The van der Waals surface area contributed by atoms with Crippen LogP contribution in [0.4, 0.5) is 17.1 Å². The van der Waals surface area contributed by atoms with Crippen LogP contribution >= 0.6 is 0 Å². The summed E-state index contributed by atoms with van der Waals surface area (Å²) >= 11 is 0. The molecule has 9 rings (SSSR count). The highest BCUT2D eigenvalue weighted by Gasteiger charge is 2.36. The molecule has 0 spiro atoms. The lowest BCUT2D eigenvalue weighted by Gasteiger charge is -2.29. The van der Waals surface area contributed by atoms with Gasteiger partial charge in [-0.25, -0.2) is 0 Å². The van der Waals surface area contributed by atoms with Crippen LogP contribution in [0.3, 0.4) is 0 Å². The maximum absolute atomic E-state index is 6.64. The predicted molar refractivity (Wildman–Crippen MR) is 189 cm³/mol. The smallest absolute Gasteiger partial charge is 0.145 e. The molecule has 0 aliphatic heterocycles. The Bertz CT molecular complexity index is 2410. The molecule has 1 aromatic heterocycles. The van der Waals surface area contributed by atoms with E-state index in [1.165, 1.54) is 33.4 Å². The van der Waals surface area contributed by atoms with Gasteiger partial charge in [0.1, 0.15) is 11.2 Å². The maximum atomic E-state index is 6.64. The third-order valence-corrected chi connectivity index (χ3v) is 9.64. The van der Waals surface area contributed by atoms with E-state index in [4.69, 9.17) is 4.42 Å². The summed E-state index contributed by atoms with van der Waals surface area (Å²) in [5, 5.41) is 4.53. The van der Waals surface area contributed by atoms with Crippen LogP contribution in [-0.2, 0) is 5.41 Å². The summed E-state index contributed by atoms with van der Waals surface area (Å²) in [6, 6.07) is 54.7. The lowest BCUT2D eigenvalue weighted by Crippen LogP contribution is -2.16. The lowest BCUT2D eigenvalue weighted by molar-refractivity contribution is 0.660. The van der Waals surface area contributed by atoms with Gasteiger partial charge in [-0.15, -0.1) is 0 Å². The SMILES string of the molecule is CC1(C)c2ccccc2-c2ccc(N(c3cccc(-c4ccccc4)c3)c3cccc4ccc5c6ccccc6oc5c34)cc21. The average Bonchev–Trinajstić information content (AvgIpc) is 3.58. The molecule has 1 aliphatic carbocycles. The van der Waals surface area contributed by atoms with Crippen molar-refractivity contribution in [2.24, 2.45) is 0 Å². The molecule has 0 fully saturated rings. The molecule has 1 aliphatic rings. The van der Waals surface area contributed by atoms with Crippen molar-refractivity contribution in [1.82, 2.24) is 0 Å². The second kappa shape index (κ2) is 9.70. The van der Waals surface area contributed by atoms with E-state index in [-0.39, 0.29) is 5.41 Å². The zero-order chi connectivity index (χ0) is 30.1. The molecule has 0 amide bonds. The summed E-state index contributed by atoms with van der Waals surface area (Å²) in [6.07, 6.45) is 0. The molecule has 8 aromatic rings. The highest BCUT2D eigenvalue weighted by atomic mass is 16.3. The van der Waals surface area contributed by atoms with E-state index < -0.39 is 0 Å². The molecule has 214 valence electrons. The number of benzene rings is 7. The Morgan fingerprint density at radius 3 is 2.16 bits per heavy atom. The molecule has 0 bridgehead atoms. The maximum Gasteiger partial charge on any atom is 0.145 e. The van der Waals surface area contributed by atoms with Crippen molar-refractivity contribution in [1.29, 1.82) is 0 Å². The van der Waals surface area contributed by atoms with Crippen molar-refractivity contribution in [3.63, 3.8) is 0 Å². The van der Waals surface area contributed by atoms with E-state index in [1.54, 1.807) is 0 Å². The highest BCUT2D eigenvalue weighted by Crippen LogP contribution is 2.51. The van der Waals surface area contributed by atoms with Gasteiger partial charge in [0.2, 0.25) is 0 Å². The Kier molecular flexibility index (Phi) is 5.58. The van der Waals surface area contributed by atoms with Gasteiger partial charge >= 0.3 is 0 Å². The molecule has 0 saturated carbocycles. The van der Waals surface area contributed by atoms with Crippen molar-refractivity contribution in [3.8, 4) is 22.3 Å². The Morgan fingerprint density at radius 1 is 0.511 bits per heavy atom. The number of anilines is 3. The molecule has 1 heterocycles. The quantitative estimate of drug-likeness (QED) is 0.207. The van der Waals surface area contributed by atoms with Gasteiger partial charge in [0.15, 0.2) is 0 Å². The lowest BCUT2D eigenvalue weighted by atomic mass is 9.82. The number of rotatable bonds is 4. The average molecular weight is 578 g/mol. The molecule has 2 nitrogen and oxygen atoms in total. The fourth-order valence-corrected chi connectivity index (χ4v) is 7.43. The Labute approximate surface area is 262 Å². The first-order valence-electron chi connectivity index (χ1n) is 15.6. The number of hydrogen-bond acceptors (Lipinski definition) is 2. The van der Waals surface area contributed by atoms with Gasteiger partial charge in [-0.3, -0.25) is 0 Å². The summed E-state index contributed by atoms with van der Waals surface area (Å²) in [4.78, 5) is 2.42. The summed E-state index contributed by atoms with van der Waals surface area (Å²) < 4.78 is 6.64. The summed E-state index contributed by atoms with van der Waals surface area (Å²) in [5.41, 5.74) is 12.8. The summed E-state index contributed by atoms with van der Waals surface area (Å²) in [7, 11) is 0. The molecule has 0 radical (unpaired) electrons. The van der Waals surface area contributed by atoms with E-state index >= 15 is 0 Å². The third-order valence-electron chi connectivity index (χ3n) is 9.64. The van der Waals surface area contributed by atoms with Gasteiger partial charge in [0.25, 0.3) is 0 Å². The zero-order valence-electron chi connectivity index (χ0n) is 25.3. The topological polar surface area (TPSA) is 16.4 Å². The number of fused-ring (bicyclic) bond motifs is 8. The van der Waals surface area contributed by atoms with E-state index in [1.807, 2.05) is 6.07 Å². The van der Waals surface area contributed by atoms with Crippen LogP contribution in [0.15, 0.2) is 156 Å². The van der Waals surface area contributed by atoms with Crippen molar-refractivity contribution >= 4 is 49.8 Å². The van der Waals surface area contributed by atoms with Gasteiger partial charge in [-0.1, -0.05) is 123 Å². The van der Waals surface area contributed by atoms with Gasteiger partial charge in [0, 0.05) is 32.9 Å². The zero-order valence-corrected chi connectivity index (χ0v) is 25.3. The first-order chi connectivity index (χ1) is 22.1. The van der Waals surface area contributed by atoms with Crippen molar-refractivity contribution in [3.05, 3.63) is 163 Å². The van der Waals surface area contributed by atoms with Gasteiger partial charge in [-0.05, 0) is 81.2 Å². The van der Waals surface area contributed by atoms with E-state index in [0.29, 0.717) is 0 Å². The van der Waals surface area contributed by atoms with Gasteiger partial charge in [0.05, 0.1) is 5.69 Å². The first-order valence-corrected chi connectivity index (χ1v) is 15.6. The fraction of sp³-hybridized carbons (Fsp3) is 0.0698. The van der Waals surface area contributed by atoms with E-state index in [0.717, 1.165) is 49.8 Å². The second-order valence-electron chi connectivity index (χ2n) is 12.6. The summed E-state index contributed by atoms with van der Waals surface area (Å²) in [6.45, 7) is 4.69. The number of nitrogens with zero attached hydrogens (tertiary/aromatic N) is 1. The Balaban J connectivity index is 1.33. The van der Waals surface area contributed by atoms with Gasteiger partial charge < -0.3 is 9.32 Å². The molecule has 2 heteroatoms. The van der Waals surface area contributed by atoms with Crippen LogP contribution in [0.1, 0.15) is 25.0 Å². The predicted octanol–water partition coefficient (Wildman–Crippen LogP) is 12.2. The summed E-state index contributed by atoms with van der Waals surface area (Å²) in [5.74, 6) is 0. The third kappa shape index (κ3) is 3.89. The van der Waals surface area contributed by atoms with Crippen LogP contribution in [0, 0.1) is 0 Å². The van der Waals surface area contributed by atoms with Crippen molar-refractivity contribution in [2.45, 2.75) is 19.3 Å². The Hall–Kier alpha value is -5.60. The van der Waals surface area contributed by atoms with Crippen molar-refractivity contribution in [2.75, 3.05) is 4.90 Å². The van der Waals surface area contributed by atoms with Gasteiger partial charge in [-0.2, -0.15) is 0 Å². The Morgan fingerprint density at radius 2 is 1.24 bits per heavy atom. The number of hydrogen-bond donors (Lipinski definition) is 0. The number of para-hydroxylation sites is 1. The van der Waals surface area contributed by atoms with Crippen LogP contribution in [0.2, 0.25) is 0 Å². The fourth-order valence-electron chi connectivity index (χ4n) is 7.43. The largest absolute Gasteiger partial charge is 0.455 e. The van der Waals surface area contributed by atoms with E-state index in [9.17, 15) is 0 Å². The second-order valence-corrected chi connectivity index (χ2v) is 12.6. The minimum Gasteiger partial charge on any atom is -0.455 e. The molecule has 7 aromatic carbocycles. The number of furan rings is 1. The van der Waals surface area contributed by atoms with Crippen LogP contribution in [-0.4, -0.2) is 0 Å². The normalized spacial score (nSPS) is 13.3. The molecular formula is C43H31NO. The van der Waals surface area contributed by atoms with Crippen LogP contribution < -0.4 is 4.90 Å². The molecular weight excluding hydrogens is 546 g/mol. The molecule has 0 saturated heterocycles. The van der Waals surface area contributed by atoms with Crippen molar-refractivity contribution < 1.29 is 4.42 Å². The molecule has 0 unspecified atom stereocenters. The standard InChI is InChI=1S/C43H31NO/c1-43(2)37-19-8-6-17-33(37)34-25-23-32(27-38(34)43)44(31-16-10-15-30(26-31)28-12-4-3-5-13-28)39-20-11-14-29-22-24-36-35-18-7-9-21-40(35)45-42(36)41(29)39/h3-27H,1-2H3. The first kappa shape index (κ1) is 25.9. The van der Waals surface area contributed by atoms with Crippen LogP contribution in [0.5, 0.6) is 0 Å². The molecule has 0 atom stereocenters. The minimum atomic E-state index is -0.107. The monoisotopic (exact) mass is 577 g/mol. The highest BCUT2D eigenvalue weighted by molar-refractivity contribution is 6.19. The van der Waals surface area contributed by atoms with Crippen LogP contribution in [0.25, 0.3) is 55.0 Å². The molecule has 45 heavy (non-hydrogen) atoms.